The van der Waals surface area contributed by atoms with Crippen LogP contribution in [0.25, 0.3) is 11.0 Å². The van der Waals surface area contributed by atoms with Crippen molar-refractivity contribution in [3.63, 3.8) is 0 Å². The van der Waals surface area contributed by atoms with Gasteiger partial charge in [-0.05, 0) is 37.8 Å². The van der Waals surface area contributed by atoms with Crippen LogP contribution in [-0.2, 0) is 9.59 Å². The molecule has 3 heterocycles. The lowest BCUT2D eigenvalue weighted by Gasteiger charge is -2.33. The molecule has 0 spiro atoms. The van der Waals surface area contributed by atoms with Gasteiger partial charge in [0, 0.05) is 38.0 Å². The molecule has 1 aromatic heterocycles. The summed E-state index contributed by atoms with van der Waals surface area (Å²) in [6, 6.07) is 8.43. The van der Waals surface area contributed by atoms with Gasteiger partial charge in [0.2, 0.25) is 11.8 Å². The van der Waals surface area contributed by atoms with E-state index in [0.29, 0.717) is 25.6 Å². The van der Waals surface area contributed by atoms with E-state index in [2.05, 4.69) is 4.98 Å². The molecule has 2 aliphatic heterocycles. The number of para-hydroxylation sites is 2. The highest BCUT2D eigenvalue weighted by Gasteiger charge is 2.41. The molecule has 1 aromatic carbocycles. The van der Waals surface area contributed by atoms with Gasteiger partial charge >= 0.3 is 0 Å². The largest absolute Gasteiger partial charge is 0.342 e. The normalized spacial score (nSPS) is 26.5. The van der Waals surface area contributed by atoms with Crippen LogP contribution < -0.4 is 0 Å². The summed E-state index contributed by atoms with van der Waals surface area (Å²) < 4.78 is 0. The lowest BCUT2D eigenvalue weighted by molar-refractivity contribution is -0.137. The highest BCUT2D eigenvalue weighted by Crippen LogP contribution is 2.32. The van der Waals surface area contributed by atoms with Crippen LogP contribution in [0.5, 0.6) is 0 Å². The molecule has 2 atom stereocenters. The predicted molar refractivity (Wildman–Crippen MR) is 107 cm³/mol. The average Bonchev–Trinajstić information content (AvgIpc) is 3.46. The van der Waals surface area contributed by atoms with Crippen LogP contribution in [0, 0.1) is 5.92 Å². The summed E-state index contributed by atoms with van der Waals surface area (Å²) in [7, 11) is 0. The molecule has 1 N–H and O–H groups in total. The molecule has 3 fully saturated rings. The zero-order chi connectivity index (χ0) is 19.1. The number of benzene rings is 1. The van der Waals surface area contributed by atoms with Crippen LogP contribution in [0.4, 0.5) is 0 Å². The Balaban J connectivity index is 1.27. The smallest absolute Gasteiger partial charge is 0.228 e. The lowest BCUT2D eigenvalue weighted by atomic mass is 9.95. The predicted octanol–water partition coefficient (Wildman–Crippen LogP) is 3.06. The third-order valence-corrected chi connectivity index (χ3v) is 6.80. The Hall–Kier alpha value is -2.37. The van der Waals surface area contributed by atoms with E-state index in [-0.39, 0.29) is 23.7 Å². The van der Waals surface area contributed by atoms with Crippen molar-refractivity contribution in [2.45, 2.75) is 56.9 Å². The number of fused-ring (bicyclic) bond motifs is 1. The van der Waals surface area contributed by atoms with E-state index >= 15 is 0 Å². The minimum atomic E-state index is -0.164. The average molecular weight is 380 g/mol. The first-order chi connectivity index (χ1) is 13.7. The zero-order valence-electron chi connectivity index (χ0n) is 16.3. The van der Waals surface area contributed by atoms with Gasteiger partial charge in [0.05, 0.1) is 17.0 Å². The summed E-state index contributed by atoms with van der Waals surface area (Å²) in [5.74, 6) is 1.40. The first-order valence-electron chi connectivity index (χ1n) is 10.7. The number of hydrogen-bond donors (Lipinski definition) is 1. The quantitative estimate of drug-likeness (QED) is 0.890. The van der Waals surface area contributed by atoms with Crippen molar-refractivity contribution in [3.8, 4) is 0 Å². The summed E-state index contributed by atoms with van der Waals surface area (Å²) in [6.45, 7) is 2.12. The molecule has 0 bridgehead atoms. The Morgan fingerprint density at radius 2 is 1.89 bits per heavy atom. The van der Waals surface area contributed by atoms with E-state index in [1.165, 1.54) is 12.8 Å². The molecule has 6 heteroatoms. The first-order valence-corrected chi connectivity index (χ1v) is 10.7. The number of carbonyl (C=O) groups is 2. The fourth-order valence-electron chi connectivity index (χ4n) is 5.29. The number of amides is 2. The fraction of sp³-hybridized carbons (Fsp3) is 0.591. The number of aromatic nitrogens is 2. The minimum absolute atomic E-state index is 0.162. The van der Waals surface area contributed by atoms with Crippen LogP contribution in [0.15, 0.2) is 24.3 Å². The van der Waals surface area contributed by atoms with Gasteiger partial charge in [-0.2, -0.15) is 0 Å². The van der Waals surface area contributed by atoms with E-state index < -0.39 is 0 Å². The molecule has 5 rings (SSSR count). The molecule has 1 aliphatic carbocycles. The monoisotopic (exact) mass is 380 g/mol. The van der Waals surface area contributed by atoms with Crippen molar-refractivity contribution in [2.75, 3.05) is 19.6 Å². The molecule has 6 nitrogen and oxygen atoms in total. The number of imidazole rings is 1. The summed E-state index contributed by atoms with van der Waals surface area (Å²) in [5, 5.41) is 0. The van der Waals surface area contributed by atoms with Gasteiger partial charge in [0.15, 0.2) is 0 Å². The fourth-order valence-corrected chi connectivity index (χ4v) is 5.29. The van der Waals surface area contributed by atoms with E-state index in [1.807, 2.05) is 34.1 Å². The molecule has 0 radical (unpaired) electrons. The maximum Gasteiger partial charge on any atom is 0.228 e. The van der Waals surface area contributed by atoms with E-state index in [4.69, 9.17) is 4.98 Å². The third-order valence-electron chi connectivity index (χ3n) is 6.80. The Labute approximate surface area is 165 Å². The molecule has 1 saturated carbocycles. The number of rotatable bonds is 3. The van der Waals surface area contributed by atoms with Crippen molar-refractivity contribution >= 4 is 22.8 Å². The summed E-state index contributed by atoms with van der Waals surface area (Å²) in [6.07, 6.45) is 7.04. The maximum atomic E-state index is 13.2. The van der Waals surface area contributed by atoms with Gasteiger partial charge in [-0.25, -0.2) is 4.98 Å². The Morgan fingerprint density at radius 1 is 1.07 bits per heavy atom. The van der Waals surface area contributed by atoms with Crippen LogP contribution in [-0.4, -0.2) is 57.3 Å². The van der Waals surface area contributed by atoms with Crippen molar-refractivity contribution in [1.29, 1.82) is 0 Å². The first kappa shape index (κ1) is 17.7. The van der Waals surface area contributed by atoms with Crippen LogP contribution in [0.3, 0.4) is 0 Å². The van der Waals surface area contributed by atoms with E-state index in [9.17, 15) is 9.59 Å². The molecule has 148 valence electrons. The van der Waals surface area contributed by atoms with Crippen LogP contribution in [0.2, 0.25) is 0 Å². The Morgan fingerprint density at radius 3 is 2.71 bits per heavy atom. The number of nitrogens with zero attached hydrogens (tertiary/aromatic N) is 3. The molecule has 28 heavy (non-hydrogen) atoms. The molecule has 2 aromatic rings. The van der Waals surface area contributed by atoms with Gasteiger partial charge in [0.25, 0.3) is 0 Å². The lowest BCUT2D eigenvalue weighted by Crippen LogP contribution is -2.43. The molecule has 2 amide bonds. The second-order valence-electron chi connectivity index (χ2n) is 8.65. The van der Waals surface area contributed by atoms with Gasteiger partial charge < -0.3 is 14.8 Å². The summed E-state index contributed by atoms with van der Waals surface area (Å²) in [4.78, 5) is 37.8. The second kappa shape index (κ2) is 7.22. The highest BCUT2D eigenvalue weighted by atomic mass is 16.2. The number of aromatic amines is 1. The maximum absolute atomic E-state index is 13.2. The summed E-state index contributed by atoms with van der Waals surface area (Å²) in [5.41, 5.74) is 2.03. The van der Waals surface area contributed by atoms with Gasteiger partial charge in [-0.1, -0.05) is 25.0 Å². The zero-order valence-corrected chi connectivity index (χ0v) is 16.3. The topological polar surface area (TPSA) is 69.3 Å². The van der Waals surface area contributed by atoms with Crippen LogP contribution >= 0.6 is 0 Å². The number of likely N-dealkylation sites (tertiary alicyclic amines) is 2. The second-order valence-corrected chi connectivity index (χ2v) is 8.65. The van der Waals surface area contributed by atoms with Crippen molar-refractivity contribution in [3.05, 3.63) is 30.1 Å². The third kappa shape index (κ3) is 3.19. The molecular weight excluding hydrogens is 352 g/mol. The molecule has 2 unspecified atom stereocenters. The highest BCUT2D eigenvalue weighted by molar-refractivity contribution is 5.89. The number of nitrogens with one attached hydrogen (secondary N) is 1. The van der Waals surface area contributed by atoms with E-state index in [0.717, 1.165) is 49.1 Å². The molecule has 2 saturated heterocycles. The molecular formula is C22H28N4O2. The number of carbonyl (C=O) groups excluding carboxylic acids is 2. The van der Waals surface area contributed by atoms with Gasteiger partial charge in [-0.3, -0.25) is 9.59 Å². The van der Waals surface area contributed by atoms with Crippen molar-refractivity contribution in [2.24, 2.45) is 5.92 Å². The SMILES string of the molecule is O=C(C1CC(=O)N(C2CCCC2)C1)N1CCCC(c2nc3ccccc3[nH]2)C1. The Bertz CT molecular complexity index is 853. The van der Waals surface area contributed by atoms with Gasteiger partial charge in [-0.15, -0.1) is 0 Å². The number of hydrogen-bond acceptors (Lipinski definition) is 3. The summed E-state index contributed by atoms with van der Waals surface area (Å²) >= 11 is 0. The standard InChI is InChI=1S/C22H28N4O2/c27-20-12-16(14-26(20)17-7-1-2-8-17)22(28)25-11-5-6-15(13-25)21-23-18-9-3-4-10-19(18)24-21/h3-4,9-10,15-17H,1-2,5-8,11-14H2,(H,23,24). The van der Waals surface area contributed by atoms with Crippen LogP contribution in [0.1, 0.15) is 56.7 Å². The minimum Gasteiger partial charge on any atom is -0.342 e. The van der Waals surface area contributed by atoms with Crippen molar-refractivity contribution in [1.82, 2.24) is 19.8 Å². The van der Waals surface area contributed by atoms with Crippen molar-refractivity contribution < 1.29 is 9.59 Å². The van der Waals surface area contributed by atoms with Gasteiger partial charge in [0.1, 0.15) is 5.82 Å². The number of H-pyrrole nitrogens is 1. The number of piperidine rings is 1. The Kier molecular flexibility index (Phi) is 4.57. The molecule has 3 aliphatic rings. The van der Waals surface area contributed by atoms with E-state index in [1.54, 1.807) is 0 Å².